The van der Waals surface area contributed by atoms with Crippen molar-refractivity contribution in [2.45, 2.75) is 179 Å². The maximum absolute atomic E-state index is 16.8. The van der Waals surface area contributed by atoms with E-state index < -0.39 is 162 Å². The quantitative estimate of drug-likeness (QED) is 0.0278. The lowest BCUT2D eigenvalue weighted by molar-refractivity contribution is -0.181. The van der Waals surface area contributed by atoms with Crippen molar-refractivity contribution in [1.82, 2.24) is 18.9 Å². The molecule has 4 aliphatic heterocycles. The molecule has 36 heteroatoms. The minimum Gasteiger partial charge on any atom is -0.492 e. The third-order valence-electron chi connectivity index (χ3n) is 26.7. The molecule has 6 aromatic rings. The highest BCUT2D eigenvalue weighted by molar-refractivity contribution is 6.02. The number of carbonyl (C=O) groups excluding carboxylic acids is 8. The molecule has 8 heterocycles. The zero-order valence-corrected chi connectivity index (χ0v) is 67.1. The molecular weight excluding hydrogens is 1580 g/mol. The summed E-state index contributed by atoms with van der Waals surface area (Å²) in [6.45, 7) is 5.47. The molecule has 9 fully saturated rings. The van der Waals surface area contributed by atoms with Gasteiger partial charge >= 0.3 is 47.8 Å². The Morgan fingerprint density at radius 2 is 1.12 bits per heavy atom. The van der Waals surface area contributed by atoms with E-state index in [1.165, 1.54) is 32.7 Å². The van der Waals surface area contributed by atoms with Gasteiger partial charge in [-0.15, -0.1) is 0 Å². The number of methoxy groups -OCH3 is 2. The van der Waals surface area contributed by atoms with E-state index in [1.807, 2.05) is 22.8 Å². The molecule has 0 spiro atoms. The number of aliphatic hydroxyl groups is 2. The van der Waals surface area contributed by atoms with E-state index in [0.29, 0.717) is 120 Å². The van der Waals surface area contributed by atoms with Crippen molar-refractivity contribution in [1.29, 1.82) is 0 Å². The van der Waals surface area contributed by atoms with E-state index in [1.54, 1.807) is 36.0 Å². The summed E-state index contributed by atoms with van der Waals surface area (Å²) in [5, 5.41) is 23.7. The third kappa shape index (κ3) is 15.6. The number of ketones is 2. The number of hydrogen-bond acceptors (Lipinski definition) is 32. The molecule has 0 amide bonds. The van der Waals surface area contributed by atoms with Crippen LogP contribution in [0.2, 0.25) is 0 Å². The summed E-state index contributed by atoms with van der Waals surface area (Å²) in [6.07, 6.45) is 7.83. The van der Waals surface area contributed by atoms with Gasteiger partial charge in [0.05, 0.1) is 68.1 Å². The Kier molecular flexibility index (Phi) is 22.7. The van der Waals surface area contributed by atoms with Crippen molar-refractivity contribution in [3.05, 3.63) is 136 Å². The number of rotatable bonds is 27. The van der Waals surface area contributed by atoms with Gasteiger partial charge in [-0.25, -0.2) is 37.5 Å². The number of hydrogen-bond donors (Lipinski definition) is 2. The molecule has 0 bridgehead atoms. The first-order chi connectivity index (χ1) is 57.4. The summed E-state index contributed by atoms with van der Waals surface area (Å²) in [4.78, 5) is 168. The fraction of sp³-hybridized carbons (Fsp3) is 0.571. The van der Waals surface area contributed by atoms with Gasteiger partial charge in [-0.05, 0) is 158 Å². The number of Topliss-reactive ketones (excluding diaryl/α,β-unsaturated/α-hetero) is 1. The Morgan fingerprint density at radius 3 is 1.59 bits per heavy atom. The molecule has 5 saturated carbocycles. The first-order valence-corrected chi connectivity index (χ1v) is 40.7. The number of aliphatic hydroxyl groups excluding tert-OH is 1. The summed E-state index contributed by atoms with van der Waals surface area (Å²) < 4.78 is 111. The van der Waals surface area contributed by atoms with Crippen LogP contribution < -0.4 is 41.8 Å². The number of pyridine rings is 2. The van der Waals surface area contributed by atoms with Gasteiger partial charge in [0.1, 0.15) is 52.8 Å². The number of esters is 4. The van der Waals surface area contributed by atoms with Gasteiger partial charge in [-0.1, -0.05) is 25.5 Å². The first-order valence-electron chi connectivity index (χ1n) is 40.7. The van der Waals surface area contributed by atoms with Crippen molar-refractivity contribution in [3.63, 3.8) is 0 Å². The van der Waals surface area contributed by atoms with Crippen LogP contribution in [0.15, 0.2) is 85.2 Å². The monoisotopic (exact) mass is 1670 g/mol. The summed E-state index contributed by atoms with van der Waals surface area (Å²) in [6, 6.07) is 1.47. The van der Waals surface area contributed by atoms with Crippen molar-refractivity contribution in [3.8, 4) is 11.5 Å². The second-order valence-electron chi connectivity index (χ2n) is 33.7. The van der Waals surface area contributed by atoms with Gasteiger partial charge in [-0.3, -0.25) is 38.6 Å². The van der Waals surface area contributed by atoms with Gasteiger partial charge in [-0.2, -0.15) is 0 Å². The van der Waals surface area contributed by atoms with Gasteiger partial charge in [0.15, 0.2) is 53.1 Å². The van der Waals surface area contributed by atoms with E-state index >= 15 is 8.78 Å². The maximum Gasteiger partial charge on any atom is 0.519 e. The lowest BCUT2D eigenvalue weighted by Gasteiger charge is -2.59. The van der Waals surface area contributed by atoms with E-state index in [-0.39, 0.29) is 117 Å². The number of allylic oxidation sites excluding steroid dienone is 4. The number of aromatic nitrogens is 2. The largest absolute Gasteiger partial charge is 0.519 e. The molecule has 642 valence electrons. The Morgan fingerprint density at radius 1 is 0.617 bits per heavy atom. The minimum atomic E-state index is -2.01. The third-order valence-corrected chi connectivity index (χ3v) is 26.7. The molecule has 6 aliphatic carbocycles. The first kappa shape index (κ1) is 82.7. The molecule has 120 heavy (non-hydrogen) atoms. The lowest BCUT2D eigenvalue weighted by Crippen LogP contribution is -2.61. The summed E-state index contributed by atoms with van der Waals surface area (Å²) in [7, 11) is 2.71. The molecule has 34 nitrogen and oxygen atoms in total. The van der Waals surface area contributed by atoms with E-state index in [0.717, 1.165) is 43.4 Å². The molecule has 4 aromatic heterocycles. The van der Waals surface area contributed by atoms with Crippen LogP contribution in [0.25, 0.3) is 21.8 Å². The number of halogens is 2. The smallest absolute Gasteiger partial charge is 0.492 e. The highest BCUT2D eigenvalue weighted by Crippen LogP contribution is 2.67. The Bertz CT molecular complexity index is 5200. The van der Waals surface area contributed by atoms with Crippen LogP contribution in [0.3, 0.4) is 0 Å². The van der Waals surface area contributed by atoms with Crippen molar-refractivity contribution in [2.75, 3.05) is 96.7 Å². The van der Waals surface area contributed by atoms with Crippen LogP contribution >= 0.6 is 0 Å². The SMILES string of the molecule is COc1c(N2CC3CCCN(Cc4oc(=O)oc4C)C3C2)c(F)cc2c(=O)c(C(=O)OCOC(=O)OCC(COC(=O)OCOC(=O)c3cn(C4CC4)c4c(OC)c(N5CC6CCCN(Cc7oc(=O)oc7C)C6C5)c(F)cc4c3=O)OC(=O)CCC(=O)OCC(=O)[C@]3(O)CC[C@@H]4[C@H]5CCC6=CC(=O)C=C[C@@]6(C)C5[C@H](O)C[C@]43C)cn(C3CC3)c12. The maximum atomic E-state index is 16.8. The number of aryl methyl sites for hydroxylation is 2. The van der Waals surface area contributed by atoms with Crippen LogP contribution in [0, 0.1) is 65.9 Å². The van der Waals surface area contributed by atoms with Crippen LogP contribution in [-0.4, -0.2) is 194 Å². The number of benzene rings is 2. The van der Waals surface area contributed by atoms with Crippen molar-refractivity contribution >= 4 is 80.9 Å². The second-order valence-corrected chi connectivity index (χ2v) is 33.7. The zero-order valence-electron chi connectivity index (χ0n) is 67.1. The topological polar surface area (TPSA) is 413 Å². The molecule has 2 N–H and O–H groups in total. The fourth-order valence-corrected chi connectivity index (χ4v) is 20.7. The van der Waals surface area contributed by atoms with Crippen molar-refractivity contribution in [2.24, 2.45) is 40.4 Å². The van der Waals surface area contributed by atoms with Crippen LogP contribution in [0.4, 0.5) is 29.7 Å². The Balaban J connectivity index is 0.561. The van der Waals surface area contributed by atoms with Crippen LogP contribution in [0.5, 0.6) is 11.5 Å². The number of piperidine rings is 2. The van der Waals surface area contributed by atoms with Crippen molar-refractivity contribution < 1.29 is 122 Å². The number of likely N-dealkylation sites (tertiary alicyclic amines) is 2. The van der Waals surface area contributed by atoms with Gasteiger partial charge in [0, 0.05) is 79.5 Å². The minimum absolute atomic E-state index is 0.0252. The number of ether oxygens (including phenoxy) is 10. The van der Waals surface area contributed by atoms with E-state index in [9.17, 15) is 67.7 Å². The predicted octanol–water partition coefficient (Wildman–Crippen LogP) is 8.24. The normalized spacial score (nSPS) is 26.6. The predicted molar refractivity (Wildman–Crippen MR) is 412 cm³/mol. The summed E-state index contributed by atoms with van der Waals surface area (Å²) >= 11 is 0. The molecule has 2 aromatic carbocycles. The van der Waals surface area contributed by atoms with Gasteiger partial charge < -0.3 is 94.2 Å². The number of carbonyl (C=O) groups is 8. The van der Waals surface area contributed by atoms with Gasteiger partial charge in [0.2, 0.25) is 30.2 Å². The van der Waals surface area contributed by atoms with Crippen LogP contribution in [0.1, 0.15) is 166 Å². The number of fused-ring (bicyclic) bond motifs is 9. The highest BCUT2D eigenvalue weighted by Gasteiger charge is 2.68. The second kappa shape index (κ2) is 32.9. The number of nitrogens with zero attached hydrogens (tertiary/aromatic N) is 6. The molecule has 5 unspecified atom stereocenters. The molecule has 4 saturated heterocycles. The molecule has 10 aliphatic rings. The standard InChI is InChI=1S/C84H94F2N6O28/c1-42-62(119-80(104)116-42)35-87-23-7-9-44-29-89(33-59(44)87)70-57(85)26-52-68(74(70)107-5)91(47-12-13-47)31-54(72(52)98)76(100)112-40-114-78(102)110-37-50(118-66(97)18-17-65(96)109-39-64(95)84(106)22-20-56-51-16-11-46-25-49(93)19-21-82(46,3)67(51)61(94)28-83(56,84)4)38-111-79(103)115-41-113-77(101)55-32-92(48-14-15-48)69-53(73(55)99)27-58(86)71(75(69)108-6)90-30-45-10-8-24-88(60(45)34-90)36-63-43(2)117-81(105)120-63/h19,21,25-27,31-32,44-45,47-48,50-51,56,59-61,67,94,106H,7-18,20,22-24,28-30,33-41H2,1-6H3/t44?,45?,50?,51-,56-,59?,60?,61-,67?,82-,83-,84-/m1/s1. The zero-order chi connectivity index (χ0) is 84.7. The summed E-state index contributed by atoms with van der Waals surface area (Å²) in [5.74, 6) is -7.68. The fourth-order valence-electron chi connectivity index (χ4n) is 20.7. The number of anilines is 2. The molecule has 16 rings (SSSR count). The van der Waals surface area contributed by atoms with E-state index in [2.05, 4.69) is 9.80 Å². The molecule has 11 atom stereocenters. The van der Waals surface area contributed by atoms with Crippen LogP contribution in [-0.2, 0) is 70.2 Å². The summed E-state index contributed by atoms with van der Waals surface area (Å²) in [5.41, 5.74) is -5.06. The Labute approximate surface area is 683 Å². The average molecular weight is 1670 g/mol. The lowest BCUT2D eigenvalue weighted by atomic mass is 9.46. The Hall–Kier alpha value is -11.0. The van der Waals surface area contributed by atoms with E-state index in [4.69, 9.17) is 65.0 Å². The highest BCUT2D eigenvalue weighted by atomic mass is 19.1. The molecule has 0 radical (unpaired) electrons. The van der Waals surface area contributed by atoms with Gasteiger partial charge in [0.25, 0.3) is 0 Å². The average Bonchev–Trinajstić information content (AvgIpc) is 1.39. The molecular formula is C84H94F2N6O28.